The van der Waals surface area contributed by atoms with Gasteiger partial charge in [0, 0.05) is 23.2 Å². The maximum atomic E-state index is 11.2. The molecule has 1 aromatic heterocycles. The molecule has 92 valence electrons. The van der Waals surface area contributed by atoms with Crippen molar-refractivity contribution < 1.29 is 9.72 Å². The van der Waals surface area contributed by atoms with Gasteiger partial charge in [0.1, 0.15) is 0 Å². The van der Waals surface area contributed by atoms with Crippen LogP contribution in [0.3, 0.4) is 0 Å². The van der Waals surface area contributed by atoms with Gasteiger partial charge in [-0.15, -0.1) is 11.3 Å². The summed E-state index contributed by atoms with van der Waals surface area (Å²) in [6, 6.07) is 4.48. The van der Waals surface area contributed by atoms with Gasteiger partial charge in [0.2, 0.25) is 0 Å². The summed E-state index contributed by atoms with van der Waals surface area (Å²) in [6.07, 6.45) is 1.64. The molecule has 0 N–H and O–H groups in total. The van der Waals surface area contributed by atoms with Crippen molar-refractivity contribution in [3.63, 3.8) is 0 Å². The standard InChI is InChI=1S/C11H8N2O3S2/c1-7(14)8-2-3-10(9(6-8)13(15)16)18-11-12-4-5-17-11/h2-6H,1H3. The van der Waals surface area contributed by atoms with Gasteiger partial charge in [-0.25, -0.2) is 4.98 Å². The Bertz CT molecular complexity index is 596. The summed E-state index contributed by atoms with van der Waals surface area (Å²) in [4.78, 5) is 26.3. The highest BCUT2D eigenvalue weighted by atomic mass is 32.2. The van der Waals surface area contributed by atoms with Crippen LogP contribution in [0.5, 0.6) is 0 Å². The SMILES string of the molecule is CC(=O)c1ccc(Sc2nccs2)c([N+](=O)[O-])c1. The van der Waals surface area contributed by atoms with Gasteiger partial charge in [-0.3, -0.25) is 14.9 Å². The first-order valence-electron chi connectivity index (χ1n) is 4.94. The van der Waals surface area contributed by atoms with Gasteiger partial charge in [-0.05, 0) is 19.1 Å². The first-order valence-corrected chi connectivity index (χ1v) is 6.64. The zero-order valence-corrected chi connectivity index (χ0v) is 11.0. The molecule has 5 nitrogen and oxygen atoms in total. The molecule has 0 aliphatic carbocycles. The number of carbonyl (C=O) groups excluding carboxylic acids is 1. The van der Waals surface area contributed by atoms with Crippen LogP contribution in [0.4, 0.5) is 5.69 Å². The van der Waals surface area contributed by atoms with Crippen LogP contribution in [-0.4, -0.2) is 15.7 Å². The summed E-state index contributed by atoms with van der Waals surface area (Å²) in [6.45, 7) is 1.38. The number of benzene rings is 1. The van der Waals surface area contributed by atoms with Crippen LogP contribution < -0.4 is 0 Å². The molecule has 18 heavy (non-hydrogen) atoms. The summed E-state index contributed by atoms with van der Waals surface area (Å²) in [7, 11) is 0. The Morgan fingerprint density at radius 1 is 1.50 bits per heavy atom. The predicted molar refractivity (Wildman–Crippen MR) is 69.3 cm³/mol. The summed E-state index contributed by atoms with van der Waals surface area (Å²) in [5, 5.41) is 12.8. The Morgan fingerprint density at radius 2 is 2.28 bits per heavy atom. The molecule has 0 saturated carbocycles. The van der Waals surface area contributed by atoms with Crippen molar-refractivity contribution >= 4 is 34.6 Å². The lowest BCUT2D eigenvalue weighted by Crippen LogP contribution is -1.96. The van der Waals surface area contributed by atoms with Crippen LogP contribution in [0.15, 0.2) is 39.0 Å². The predicted octanol–water partition coefficient (Wildman–Crippen LogP) is 3.41. The van der Waals surface area contributed by atoms with Gasteiger partial charge in [0.25, 0.3) is 5.69 Å². The van der Waals surface area contributed by atoms with Gasteiger partial charge in [-0.1, -0.05) is 11.8 Å². The normalized spacial score (nSPS) is 10.3. The lowest BCUT2D eigenvalue weighted by Gasteiger charge is -2.02. The van der Waals surface area contributed by atoms with E-state index in [9.17, 15) is 14.9 Å². The molecule has 0 spiro atoms. The van der Waals surface area contributed by atoms with Crippen LogP contribution in [0.2, 0.25) is 0 Å². The maximum Gasteiger partial charge on any atom is 0.284 e. The second kappa shape index (κ2) is 5.28. The van der Waals surface area contributed by atoms with Gasteiger partial charge in [0.05, 0.1) is 9.82 Å². The Balaban J connectivity index is 2.40. The molecule has 7 heteroatoms. The van der Waals surface area contributed by atoms with Crippen molar-refractivity contribution in [1.82, 2.24) is 4.98 Å². The topological polar surface area (TPSA) is 73.1 Å². The van der Waals surface area contributed by atoms with Crippen LogP contribution >= 0.6 is 23.1 Å². The highest BCUT2D eigenvalue weighted by Gasteiger charge is 2.17. The van der Waals surface area contributed by atoms with E-state index in [-0.39, 0.29) is 11.5 Å². The molecule has 0 fully saturated rings. The number of Topliss-reactive ketones (excluding diaryl/α,β-unsaturated/α-hetero) is 1. The molecular formula is C11H8N2O3S2. The van der Waals surface area contributed by atoms with Gasteiger partial charge >= 0.3 is 0 Å². The van der Waals surface area contributed by atoms with Crippen LogP contribution in [0.1, 0.15) is 17.3 Å². The zero-order valence-electron chi connectivity index (χ0n) is 9.32. The summed E-state index contributed by atoms with van der Waals surface area (Å²) in [5.41, 5.74) is 0.271. The average molecular weight is 280 g/mol. The first kappa shape index (κ1) is 12.7. The third kappa shape index (κ3) is 2.74. The Labute approximate surface area is 111 Å². The van der Waals surface area contributed by atoms with E-state index < -0.39 is 4.92 Å². The quantitative estimate of drug-likeness (QED) is 0.487. The van der Waals surface area contributed by atoms with Crippen molar-refractivity contribution in [2.24, 2.45) is 0 Å². The van der Waals surface area contributed by atoms with Crippen molar-refractivity contribution in [3.8, 4) is 0 Å². The van der Waals surface area contributed by atoms with Crippen molar-refractivity contribution in [2.45, 2.75) is 16.2 Å². The number of nitro benzene ring substituents is 1. The minimum atomic E-state index is -0.484. The molecule has 2 aromatic rings. The third-order valence-electron chi connectivity index (χ3n) is 2.17. The van der Waals surface area contributed by atoms with E-state index >= 15 is 0 Å². The van der Waals surface area contributed by atoms with E-state index in [1.807, 2.05) is 0 Å². The van der Waals surface area contributed by atoms with E-state index in [4.69, 9.17) is 0 Å². The van der Waals surface area contributed by atoms with Crippen molar-refractivity contribution in [2.75, 3.05) is 0 Å². The van der Waals surface area contributed by atoms with Crippen LogP contribution in [-0.2, 0) is 0 Å². The molecule has 0 bridgehead atoms. The number of thiazole rings is 1. The molecule has 0 aliphatic rings. The largest absolute Gasteiger partial charge is 0.295 e. The van der Waals surface area contributed by atoms with E-state index in [2.05, 4.69) is 4.98 Å². The number of aromatic nitrogens is 1. The Kier molecular flexibility index (Phi) is 3.73. The molecular weight excluding hydrogens is 272 g/mol. The summed E-state index contributed by atoms with van der Waals surface area (Å²) >= 11 is 2.64. The number of hydrogen-bond acceptors (Lipinski definition) is 6. The lowest BCUT2D eigenvalue weighted by molar-refractivity contribution is -0.387. The van der Waals surface area contributed by atoms with E-state index in [0.29, 0.717) is 10.5 Å². The molecule has 0 saturated heterocycles. The maximum absolute atomic E-state index is 11.2. The highest BCUT2D eigenvalue weighted by molar-refractivity contribution is 8.01. The monoisotopic (exact) mass is 280 g/mol. The Hall–Kier alpha value is -1.73. The minimum absolute atomic E-state index is 0.0668. The second-order valence-electron chi connectivity index (χ2n) is 3.40. The van der Waals surface area contributed by atoms with Crippen molar-refractivity contribution in [3.05, 3.63) is 45.5 Å². The number of carbonyl (C=O) groups is 1. The second-order valence-corrected chi connectivity index (χ2v) is 5.58. The van der Waals surface area contributed by atoms with Gasteiger partial charge in [-0.2, -0.15) is 0 Å². The molecule has 0 amide bonds. The molecule has 0 unspecified atom stereocenters. The number of ketones is 1. The fraction of sp³-hybridized carbons (Fsp3) is 0.0909. The van der Waals surface area contributed by atoms with Crippen LogP contribution in [0.25, 0.3) is 0 Å². The first-order chi connectivity index (χ1) is 8.58. The number of rotatable bonds is 4. The molecule has 0 atom stereocenters. The van der Waals surface area contributed by atoms with E-state index in [1.54, 1.807) is 23.7 Å². The fourth-order valence-corrected chi connectivity index (χ4v) is 2.98. The molecule has 2 rings (SSSR count). The number of nitro groups is 1. The molecule has 0 radical (unpaired) electrons. The average Bonchev–Trinajstić information content (AvgIpc) is 2.81. The summed E-state index contributed by atoms with van der Waals surface area (Å²) in [5.74, 6) is -0.191. The number of nitrogens with zero attached hydrogens (tertiary/aromatic N) is 2. The highest BCUT2D eigenvalue weighted by Crippen LogP contribution is 2.36. The van der Waals surface area contributed by atoms with E-state index in [0.717, 1.165) is 4.34 Å². The zero-order chi connectivity index (χ0) is 13.1. The molecule has 1 heterocycles. The van der Waals surface area contributed by atoms with Crippen LogP contribution in [0, 0.1) is 10.1 Å². The van der Waals surface area contributed by atoms with Crippen molar-refractivity contribution in [1.29, 1.82) is 0 Å². The summed E-state index contributed by atoms with van der Waals surface area (Å²) < 4.78 is 0.730. The minimum Gasteiger partial charge on any atom is -0.295 e. The third-order valence-corrected chi connectivity index (χ3v) is 4.12. The number of hydrogen-bond donors (Lipinski definition) is 0. The molecule has 1 aromatic carbocycles. The van der Waals surface area contributed by atoms with E-state index in [1.165, 1.54) is 36.1 Å². The fourth-order valence-electron chi connectivity index (χ4n) is 1.32. The van der Waals surface area contributed by atoms with Gasteiger partial charge in [0.15, 0.2) is 10.1 Å². The smallest absolute Gasteiger partial charge is 0.284 e. The Morgan fingerprint density at radius 3 is 2.83 bits per heavy atom. The van der Waals surface area contributed by atoms with Gasteiger partial charge < -0.3 is 0 Å². The lowest BCUT2D eigenvalue weighted by atomic mass is 10.1. The molecule has 0 aliphatic heterocycles.